The van der Waals surface area contributed by atoms with Crippen LogP contribution in [0.4, 0.5) is 4.11 Å². The molecule has 1 atom stereocenters. The Balaban J connectivity index is 4.94. The molecule has 0 fully saturated rings. The predicted molar refractivity (Wildman–Crippen MR) is 88.5 cm³/mol. The molecule has 5 heteroatoms. The molecule has 0 spiro atoms. The van der Waals surface area contributed by atoms with Crippen molar-refractivity contribution >= 4 is 8.65 Å². The largest absolute Gasteiger partial charge is 0.396 e. The van der Waals surface area contributed by atoms with E-state index in [1.54, 1.807) is 6.08 Å². The van der Waals surface area contributed by atoms with Crippen LogP contribution in [-0.2, 0) is 9.16 Å². The molecule has 0 rings (SSSR count). The molecule has 0 aliphatic rings. The third kappa shape index (κ3) is 6.18. The Morgan fingerprint density at radius 1 is 1.14 bits per heavy atom. The fourth-order valence-corrected chi connectivity index (χ4v) is 6.15. The first-order valence-corrected chi connectivity index (χ1v) is 9.44. The highest BCUT2D eigenvalue weighted by molar-refractivity contribution is 6.72. The van der Waals surface area contributed by atoms with Gasteiger partial charge in [0.2, 0.25) is 0 Å². The van der Waals surface area contributed by atoms with Gasteiger partial charge in [-0.25, -0.2) is 0 Å². The first-order valence-electron chi connectivity index (χ1n) is 7.66. The summed E-state index contributed by atoms with van der Waals surface area (Å²) < 4.78 is 27.1. The minimum atomic E-state index is -3.51. The summed E-state index contributed by atoms with van der Waals surface area (Å²) in [4.78, 5) is 0. The fourth-order valence-electron chi connectivity index (χ4n) is 2.50. The average Bonchev–Trinajstić information content (AvgIpc) is 2.31. The van der Waals surface area contributed by atoms with E-state index >= 15 is 4.11 Å². The lowest BCUT2D eigenvalue weighted by molar-refractivity contribution is 0.0664. The van der Waals surface area contributed by atoms with Crippen LogP contribution in [0.3, 0.4) is 0 Å². The van der Waals surface area contributed by atoms with Crippen LogP contribution in [-0.4, -0.2) is 39.7 Å². The second-order valence-electron chi connectivity index (χ2n) is 7.50. The van der Waals surface area contributed by atoms with Crippen LogP contribution in [0.1, 0.15) is 54.4 Å². The van der Waals surface area contributed by atoms with Crippen molar-refractivity contribution in [2.75, 3.05) is 19.8 Å². The summed E-state index contributed by atoms with van der Waals surface area (Å²) in [6.07, 6.45) is 2.39. The highest BCUT2D eigenvalue weighted by Gasteiger charge is 2.58. The van der Waals surface area contributed by atoms with Crippen LogP contribution in [0, 0.1) is 0 Å². The van der Waals surface area contributed by atoms with Gasteiger partial charge in [-0.2, -0.15) is 0 Å². The Bertz CT molecular complexity index is 294. The van der Waals surface area contributed by atoms with Gasteiger partial charge in [-0.15, -0.1) is 6.58 Å². The second kappa shape index (κ2) is 8.41. The van der Waals surface area contributed by atoms with E-state index in [2.05, 4.69) is 6.58 Å². The van der Waals surface area contributed by atoms with E-state index in [9.17, 15) is 5.11 Å². The number of aliphatic hydroxyl groups is 1. The van der Waals surface area contributed by atoms with Crippen molar-refractivity contribution < 1.29 is 18.4 Å². The molecule has 21 heavy (non-hydrogen) atoms. The van der Waals surface area contributed by atoms with E-state index in [0.29, 0.717) is 26.1 Å². The molecule has 3 nitrogen and oxygen atoms in total. The van der Waals surface area contributed by atoms with E-state index in [1.807, 2.05) is 41.5 Å². The van der Waals surface area contributed by atoms with Crippen LogP contribution in [0.5, 0.6) is 0 Å². The van der Waals surface area contributed by atoms with Crippen molar-refractivity contribution in [1.82, 2.24) is 0 Å². The summed E-state index contributed by atoms with van der Waals surface area (Å²) in [7, 11) is -3.51. The number of hydrogen-bond donors (Lipinski definition) is 1. The van der Waals surface area contributed by atoms with Gasteiger partial charge in [0.15, 0.2) is 0 Å². The summed E-state index contributed by atoms with van der Waals surface area (Å²) >= 11 is 0. The molecule has 0 radical (unpaired) electrons. The average molecular weight is 321 g/mol. The molecule has 0 aliphatic carbocycles. The van der Waals surface area contributed by atoms with Gasteiger partial charge in [0, 0.05) is 23.3 Å². The van der Waals surface area contributed by atoms with Gasteiger partial charge in [0.05, 0.1) is 12.7 Å². The molecule has 0 saturated heterocycles. The molecular weight excluding hydrogens is 287 g/mol. The molecule has 0 heterocycles. The molecule has 126 valence electrons. The number of hydrogen-bond acceptors (Lipinski definition) is 3. The highest BCUT2D eigenvalue weighted by atomic mass is 28.4. The predicted octanol–water partition coefficient (Wildman–Crippen LogP) is 4.36. The Morgan fingerprint density at radius 3 is 2.05 bits per heavy atom. The number of halogens is 1. The third-order valence-electron chi connectivity index (χ3n) is 3.53. The zero-order chi connectivity index (χ0) is 16.7. The molecule has 1 N–H and O–H groups in total. The number of rotatable bonds is 9. The van der Waals surface area contributed by atoms with E-state index < -0.39 is 18.7 Å². The standard InChI is InChI=1S/C16H33FO3Si/c1-8-12-19-13-10-14(9-11-18)20-21(17,15(2,3)4)16(5,6)7/h8,14,18H,1,9-13H2,2-7H3. The maximum absolute atomic E-state index is 15.7. The Hall–Kier alpha value is -0.233. The van der Waals surface area contributed by atoms with Gasteiger partial charge in [0.25, 0.3) is 0 Å². The lowest BCUT2D eigenvalue weighted by Gasteiger charge is -2.45. The number of aliphatic hydroxyl groups excluding tert-OH is 1. The van der Waals surface area contributed by atoms with Crippen molar-refractivity contribution in [3.63, 3.8) is 0 Å². The van der Waals surface area contributed by atoms with Crippen LogP contribution in [0.15, 0.2) is 12.7 Å². The minimum absolute atomic E-state index is 0.00904. The summed E-state index contributed by atoms with van der Waals surface area (Å²) in [5.41, 5.74) is 0. The van der Waals surface area contributed by atoms with E-state index in [4.69, 9.17) is 9.16 Å². The van der Waals surface area contributed by atoms with E-state index in [-0.39, 0.29) is 12.7 Å². The SMILES string of the molecule is C=CCOCCC(CCO)O[Si](F)(C(C)(C)C)C(C)(C)C. The normalized spacial score (nSPS) is 15.0. The van der Waals surface area contributed by atoms with Crippen molar-refractivity contribution in [2.45, 2.75) is 70.6 Å². The van der Waals surface area contributed by atoms with E-state index in [1.165, 1.54) is 0 Å². The Kier molecular flexibility index (Phi) is 8.32. The van der Waals surface area contributed by atoms with Gasteiger partial charge in [-0.1, -0.05) is 47.6 Å². The first-order chi connectivity index (χ1) is 9.49. The summed E-state index contributed by atoms with van der Waals surface area (Å²) in [6.45, 7) is 15.9. The maximum atomic E-state index is 15.7. The van der Waals surface area contributed by atoms with E-state index in [0.717, 1.165) is 0 Å². The molecule has 0 aromatic rings. The van der Waals surface area contributed by atoms with Crippen molar-refractivity contribution in [3.05, 3.63) is 12.7 Å². The van der Waals surface area contributed by atoms with Gasteiger partial charge in [0.1, 0.15) is 0 Å². The molecular formula is C16H33FO3Si. The van der Waals surface area contributed by atoms with Crippen LogP contribution in [0.25, 0.3) is 0 Å². The van der Waals surface area contributed by atoms with Crippen LogP contribution in [0.2, 0.25) is 10.1 Å². The van der Waals surface area contributed by atoms with Crippen molar-refractivity contribution in [2.24, 2.45) is 0 Å². The maximum Gasteiger partial charge on any atom is 0.394 e. The summed E-state index contributed by atoms with van der Waals surface area (Å²) in [5.74, 6) is 0. The summed E-state index contributed by atoms with van der Waals surface area (Å²) in [6, 6.07) is 0. The van der Waals surface area contributed by atoms with Gasteiger partial charge < -0.3 is 14.3 Å². The molecule has 0 aromatic heterocycles. The topological polar surface area (TPSA) is 38.7 Å². The third-order valence-corrected chi connectivity index (χ3v) is 8.05. The minimum Gasteiger partial charge on any atom is -0.396 e. The summed E-state index contributed by atoms with van der Waals surface area (Å²) in [5, 5.41) is 8.14. The Labute approximate surface area is 130 Å². The van der Waals surface area contributed by atoms with Crippen molar-refractivity contribution in [3.8, 4) is 0 Å². The molecule has 0 bridgehead atoms. The van der Waals surface area contributed by atoms with Crippen LogP contribution < -0.4 is 0 Å². The van der Waals surface area contributed by atoms with Gasteiger partial charge in [-0.05, 0) is 12.8 Å². The van der Waals surface area contributed by atoms with Crippen LogP contribution >= 0.6 is 0 Å². The smallest absolute Gasteiger partial charge is 0.394 e. The first kappa shape index (κ1) is 20.8. The lowest BCUT2D eigenvalue weighted by atomic mass is 10.2. The second-order valence-corrected chi connectivity index (χ2v) is 11.9. The van der Waals surface area contributed by atoms with Crippen molar-refractivity contribution in [1.29, 1.82) is 0 Å². The molecule has 0 saturated carbocycles. The Morgan fingerprint density at radius 2 is 1.67 bits per heavy atom. The lowest BCUT2D eigenvalue weighted by Crippen LogP contribution is -2.53. The quantitative estimate of drug-likeness (QED) is 0.297. The highest BCUT2D eigenvalue weighted by Crippen LogP contribution is 2.53. The zero-order valence-electron chi connectivity index (χ0n) is 14.5. The molecule has 1 unspecified atom stereocenters. The molecule has 0 amide bonds. The molecule has 0 aliphatic heterocycles. The molecule has 0 aromatic carbocycles. The van der Waals surface area contributed by atoms with Gasteiger partial charge >= 0.3 is 8.65 Å². The van der Waals surface area contributed by atoms with Gasteiger partial charge in [-0.3, -0.25) is 4.11 Å². The fraction of sp³-hybridized carbons (Fsp3) is 0.875. The number of ether oxygens (including phenoxy) is 1. The monoisotopic (exact) mass is 320 g/mol. The zero-order valence-corrected chi connectivity index (χ0v) is 15.5.